The fourth-order valence-electron chi connectivity index (χ4n) is 1.56. The number of hydrogen-bond donors (Lipinski definition) is 1. The van der Waals surface area contributed by atoms with Crippen molar-refractivity contribution in [3.05, 3.63) is 63.6 Å². The highest BCUT2D eigenvalue weighted by Crippen LogP contribution is 2.23. The van der Waals surface area contributed by atoms with Crippen LogP contribution in [-0.4, -0.2) is 4.99 Å². The maximum absolute atomic E-state index is 13.8. The van der Waals surface area contributed by atoms with E-state index >= 15 is 0 Å². The van der Waals surface area contributed by atoms with Crippen molar-refractivity contribution < 1.29 is 13.5 Å². The molecular weight excluding hydrogens is 348 g/mol. The minimum Gasteiger partial charge on any atom is -0.486 e. The molecule has 20 heavy (non-hydrogen) atoms. The molecule has 0 aliphatic rings. The molecule has 0 spiro atoms. The van der Waals surface area contributed by atoms with Crippen LogP contribution in [0.5, 0.6) is 5.75 Å². The summed E-state index contributed by atoms with van der Waals surface area (Å²) in [5, 5.41) is 0. The van der Waals surface area contributed by atoms with Crippen molar-refractivity contribution in [3.8, 4) is 5.75 Å². The summed E-state index contributed by atoms with van der Waals surface area (Å²) in [6.07, 6.45) is 0. The molecule has 0 aliphatic heterocycles. The lowest BCUT2D eigenvalue weighted by Crippen LogP contribution is -2.10. The predicted molar refractivity (Wildman–Crippen MR) is 80.7 cm³/mol. The zero-order valence-corrected chi connectivity index (χ0v) is 12.6. The topological polar surface area (TPSA) is 35.2 Å². The fraction of sp³-hybridized carbons (Fsp3) is 0.0714. The maximum Gasteiger partial charge on any atom is 0.165 e. The molecule has 0 bridgehead atoms. The van der Waals surface area contributed by atoms with Gasteiger partial charge >= 0.3 is 0 Å². The lowest BCUT2D eigenvalue weighted by Gasteiger charge is -2.09. The molecule has 0 radical (unpaired) electrons. The first-order valence-electron chi connectivity index (χ1n) is 5.63. The van der Waals surface area contributed by atoms with Crippen molar-refractivity contribution >= 4 is 33.1 Å². The molecule has 2 N–H and O–H groups in total. The quantitative estimate of drug-likeness (QED) is 0.841. The minimum absolute atomic E-state index is 0.0530. The van der Waals surface area contributed by atoms with Gasteiger partial charge in [0.05, 0.1) is 0 Å². The van der Waals surface area contributed by atoms with E-state index in [0.29, 0.717) is 15.6 Å². The van der Waals surface area contributed by atoms with Gasteiger partial charge in [-0.15, -0.1) is 0 Å². The first-order chi connectivity index (χ1) is 9.47. The molecule has 2 rings (SSSR count). The molecule has 0 saturated heterocycles. The molecule has 0 fully saturated rings. The average Bonchev–Trinajstić information content (AvgIpc) is 2.40. The first kappa shape index (κ1) is 14.9. The van der Waals surface area contributed by atoms with Crippen molar-refractivity contribution in [2.75, 3.05) is 0 Å². The second-order valence-electron chi connectivity index (χ2n) is 4.03. The molecule has 0 aliphatic carbocycles. The lowest BCUT2D eigenvalue weighted by atomic mass is 10.1. The van der Waals surface area contributed by atoms with Gasteiger partial charge in [-0.1, -0.05) is 40.3 Å². The van der Waals surface area contributed by atoms with Crippen LogP contribution in [0.3, 0.4) is 0 Å². The summed E-state index contributed by atoms with van der Waals surface area (Å²) in [6, 6.07) is 8.65. The highest BCUT2D eigenvalue weighted by atomic mass is 79.9. The Hall–Kier alpha value is -1.53. The Bertz CT molecular complexity index is 664. The summed E-state index contributed by atoms with van der Waals surface area (Å²) in [4.78, 5) is 0.120. The van der Waals surface area contributed by atoms with E-state index in [1.54, 1.807) is 12.1 Å². The van der Waals surface area contributed by atoms with Crippen molar-refractivity contribution in [1.82, 2.24) is 0 Å². The van der Waals surface area contributed by atoms with Gasteiger partial charge in [-0.3, -0.25) is 0 Å². The molecule has 0 amide bonds. The third kappa shape index (κ3) is 3.52. The third-order valence-electron chi connectivity index (χ3n) is 2.61. The van der Waals surface area contributed by atoms with E-state index in [0.717, 1.165) is 0 Å². The van der Waals surface area contributed by atoms with Gasteiger partial charge in [0.25, 0.3) is 0 Å². The predicted octanol–water partition coefficient (Wildman–Crippen LogP) is 3.94. The Morgan fingerprint density at radius 2 is 1.90 bits per heavy atom. The molecule has 0 saturated carbocycles. The number of halogens is 3. The van der Waals surface area contributed by atoms with E-state index in [1.165, 1.54) is 24.3 Å². The van der Waals surface area contributed by atoms with Crippen molar-refractivity contribution in [3.63, 3.8) is 0 Å². The van der Waals surface area contributed by atoms with Crippen LogP contribution in [0.1, 0.15) is 11.1 Å². The van der Waals surface area contributed by atoms with E-state index in [-0.39, 0.29) is 17.3 Å². The van der Waals surface area contributed by atoms with Crippen molar-refractivity contribution in [2.24, 2.45) is 5.73 Å². The van der Waals surface area contributed by atoms with Crippen LogP contribution in [-0.2, 0) is 6.61 Å². The number of hydrogen-bond acceptors (Lipinski definition) is 2. The highest BCUT2D eigenvalue weighted by Gasteiger charge is 2.08. The Morgan fingerprint density at radius 1 is 1.15 bits per heavy atom. The van der Waals surface area contributed by atoms with Gasteiger partial charge in [-0.05, 0) is 24.3 Å². The second-order valence-corrected chi connectivity index (χ2v) is 5.39. The highest BCUT2D eigenvalue weighted by molar-refractivity contribution is 9.10. The zero-order valence-electron chi connectivity index (χ0n) is 10.2. The summed E-state index contributed by atoms with van der Waals surface area (Å²) in [5.74, 6) is -0.948. The van der Waals surface area contributed by atoms with E-state index in [9.17, 15) is 8.78 Å². The van der Waals surface area contributed by atoms with Gasteiger partial charge < -0.3 is 10.5 Å². The Kier molecular flexibility index (Phi) is 4.67. The fourth-order valence-corrected chi connectivity index (χ4v) is 2.03. The van der Waals surface area contributed by atoms with Crippen molar-refractivity contribution in [2.45, 2.75) is 6.61 Å². The normalized spacial score (nSPS) is 10.3. The number of rotatable bonds is 4. The number of thiocarbonyl (C=S) groups is 1. The number of ether oxygens (including phenoxy) is 1. The van der Waals surface area contributed by atoms with Gasteiger partial charge in [-0.25, -0.2) is 8.78 Å². The minimum atomic E-state index is -0.506. The summed E-state index contributed by atoms with van der Waals surface area (Å²) in [7, 11) is 0. The molecular formula is C14H10BrF2NOS. The second kappa shape index (κ2) is 6.28. The Balaban J connectivity index is 2.15. The SMILES string of the molecule is NC(=S)c1ccc(COc2cc(Br)ccc2F)c(F)c1. The van der Waals surface area contributed by atoms with Crippen LogP contribution in [0, 0.1) is 11.6 Å². The van der Waals surface area contributed by atoms with Gasteiger partial charge in [0, 0.05) is 15.6 Å². The molecule has 104 valence electrons. The maximum atomic E-state index is 13.8. The van der Waals surface area contributed by atoms with Crippen LogP contribution < -0.4 is 10.5 Å². The zero-order chi connectivity index (χ0) is 14.7. The smallest absolute Gasteiger partial charge is 0.165 e. The summed E-state index contributed by atoms with van der Waals surface area (Å²) in [6.45, 7) is -0.0865. The van der Waals surface area contributed by atoms with Crippen LogP contribution in [0.25, 0.3) is 0 Å². The van der Waals surface area contributed by atoms with Gasteiger partial charge in [0.1, 0.15) is 17.4 Å². The van der Waals surface area contributed by atoms with Gasteiger partial charge in [-0.2, -0.15) is 0 Å². The Labute approximate surface area is 128 Å². The lowest BCUT2D eigenvalue weighted by molar-refractivity contribution is 0.284. The summed E-state index contributed by atoms with van der Waals surface area (Å²) >= 11 is 7.98. The van der Waals surface area contributed by atoms with Crippen molar-refractivity contribution in [1.29, 1.82) is 0 Å². The standard InChI is InChI=1S/C14H10BrF2NOS/c15-10-3-4-11(16)13(6-10)19-7-9-2-1-8(14(18)20)5-12(9)17/h1-6H,7H2,(H2,18,20). The molecule has 0 atom stereocenters. The van der Waals surface area contributed by atoms with Crippen LogP contribution >= 0.6 is 28.1 Å². The van der Waals surface area contributed by atoms with Crippen LogP contribution in [0.4, 0.5) is 8.78 Å². The molecule has 0 aromatic heterocycles. The van der Waals surface area contributed by atoms with Crippen LogP contribution in [0.15, 0.2) is 40.9 Å². The molecule has 2 nitrogen and oxygen atoms in total. The average molecular weight is 358 g/mol. The monoisotopic (exact) mass is 357 g/mol. The third-order valence-corrected chi connectivity index (χ3v) is 3.34. The number of nitrogens with two attached hydrogens (primary N) is 1. The van der Waals surface area contributed by atoms with Gasteiger partial charge in [0.15, 0.2) is 11.6 Å². The van der Waals surface area contributed by atoms with E-state index in [4.69, 9.17) is 22.7 Å². The summed E-state index contributed by atoms with van der Waals surface area (Å²) < 4.78 is 33.2. The largest absolute Gasteiger partial charge is 0.486 e. The van der Waals surface area contributed by atoms with E-state index < -0.39 is 11.6 Å². The van der Waals surface area contributed by atoms with E-state index in [2.05, 4.69) is 15.9 Å². The van der Waals surface area contributed by atoms with E-state index in [1.807, 2.05) is 0 Å². The van der Waals surface area contributed by atoms with Gasteiger partial charge in [0.2, 0.25) is 0 Å². The number of benzene rings is 2. The molecule has 0 unspecified atom stereocenters. The first-order valence-corrected chi connectivity index (χ1v) is 6.83. The molecule has 2 aromatic rings. The van der Waals surface area contributed by atoms with Crippen LogP contribution in [0.2, 0.25) is 0 Å². The molecule has 2 aromatic carbocycles. The molecule has 6 heteroatoms. The molecule has 0 heterocycles. The summed E-state index contributed by atoms with van der Waals surface area (Å²) in [5.41, 5.74) is 6.15. The Morgan fingerprint density at radius 3 is 2.55 bits per heavy atom.